The van der Waals surface area contributed by atoms with E-state index in [9.17, 15) is 14.4 Å². The van der Waals surface area contributed by atoms with Crippen LogP contribution in [0, 0.1) is 6.92 Å². The van der Waals surface area contributed by atoms with E-state index in [1.54, 1.807) is 63.2 Å². The third-order valence-electron chi connectivity index (χ3n) is 5.11. The van der Waals surface area contributed by atoms with Crippen LogP contribution >= 0.6 is 0 Å². The highest BCUT2D eigenvalue weighted by Gasteiger charge is 2.29. The van der Waals surface area contributed by atoms with Gasteiger partial charge < -0.3 is 4.74 Å². The van der Waals surface area contributed by atoms with Crippen LogP contribution in [0.15, 0.2) is 70.1 Å². The average molecular weight is 430 g/mol. The predicted octanol–water partition coefficient (Wildman–Crippen LogP) is 3.46. The molecule has 162 valence electrons. The number of benzene rings is 2. The number of carbonyl (C=O) groups is 2. The van der Waals surface area contributed by atoms with Crippen LogP contribution in [0.3, 0.4) is 0 Å². The van der Waals surface area contributed by atoms with E-state index in [1.165, 1.54) is 9.69 Å². The molecule has 0 atom stereocenters. The van der Waals surface area contributed by atoms with Crippen molar-refractivity contribution in [2.75, 3.05) is 11.6 Å². The maximum Gasteiger partial charge on any atom is 0.338 e. The summed E-state index contributed by atoms with van der Waals surface area (Å²) in [6, 6.07) is 15.6. The number of anilines is 1. The third kappa shape index (κ3) is 3.78. The van der Waals surface area contributed by atoms with Gasteiger partial charge in [0.1, 0.15) is 0 Å². The maximum atomic E-state index is 13.1. The molecule has 3 aromatic rings. The molecule has 1 amide bonds. The van der Waals surface area contributed by atoms with Crippen molar-refractivity contribution in [2.45, 2.75) is 20.8 Å². The number of rotatable bonds is 5. The first-order valence-corrected chi connectivity index (χ1v) is 10.2. The second-order valence-electron chi connectivity index (χ2n) is 7.25. The molecule has 1 aliphatic heterocycles. The molecular formula is C24H22N4O4. The third-order valence-corrected chi connectivity index (χ3v) is 5.11. The van der Waals surface area contributed by atoms with Crippen molar-refractivity contribution < 1.29 is 14.3 Å². The normalized spacial score (nSPS) is 14.7. The zero-order valence-corrected chi connectivity index (χ0v) is 18.0. The number of hydrogen-bond donors (Lipinski definition) is 1. The smallest absolute Gasteiger partial charge is 0.338 e. The molecule has 4 rings (SSSR count). The van der Waals surface area contributed by atoms with Gasteiger partial charge >= 0.3 is 5.97 Å². The van der Waals surface area contributed by atoms with Crippen LogP contribution in [-0.2, 0) is 9.53 Å². The van der Waals surface area contributed by atoms with Crippen LogP contribution in [-0.4, -0.2) is 34.0 Å². The van der Waals surface area contributed by atoms with Crippen LogP contribution in [0.5, 0.6) is 0 Å². The van der Waals surface area contributed by atoms with Crippen molar-refractivity contribution in [3.8, 4) is 5.69 Å². The number of aryl methyl sites for hydroxylation is 1. The number of amides is 1. The van der Waals surface area contributed by atoms with Crippen molar-refractivity contribution >= 4 is 29.4 Å². The lowest BCUT2D eigenvalue weighted by molar-refractivity contribution is -0.114. The SMILES string of the molecule is CCOC(=O)c1ccc(-n2[nH]c(C)c(/C=C3\C(=O)N(c4ccccc4)N=C3C)c2=O)cc1. The molecule has 1 aliphatic rings. The number of aromatic nitrogens is 2. The molecule has 8 heteroatoms. The molecule has 0 bridgehead atoms. The molecule has 2 aromatic carbocycles. The van der Waals surface area contributed by atoms with Gasteiger partial charge in [0.2, 0.25) is 0 Å². The second-order valence-corrected chi connectivity index (χ2v) is 7.25. The molecule has 0 spiro atoms. The molecule has 1 N–H and O–H groups in total. The van der Waals surface area contributed by atoms with E-state index in [1.807, 2.05) is 18.2 Å². The van der Waals surface area contributed by atoms with Gasteiger partial charge in [0, 0.05) is 5.69 Å². The van der Waals surface area contributed by atoms with E-state index in [2.05, 4.69) is 10.2 Å². The summed E-state index contributed by atoms with van der Waals surface area (Å²) in [5, 5.41) is 8.71. The number of para-hydroxylation sites is 1. The minimum Gasteiger partial charge on any atom is -0.462 e. The van der Waals surface area contributed by atoms with Gasteiger partial charge in [-0.15, -0.1) is 0 Å². The molecule has 0 unspecified atom stereocenters. The van der Waals surface area contributed by atoms with Crippen molar-refractivity contribution in [3.05, 3.63) is 87.3 Å². The van der Waals surface area contributed by atoms with Crippen molar-refractivity contribution in [1.82, 2.24) is 9.78 Å². The number of nitrogens with one attached hydrogen (secondary N) is 1. The standard InChI is InChI=1S/C24H22N4O4/c1-4-32-24(31)17-10-12-19(13-11-17)28-23(30)21(16(3)26-28)14-20-15(2)25-27(22(20)29)18-8-6-5-7-9-18/h5-14,26H,4H2,1-3H3/b20-14-. The summed E-state index contributed by atoms with van der Waals surface area (Å²) in [7, 11) is 0. The Balaban J connectivity index is 1.66. The van der Waals surface area contributed by atoms with Gasteiger partial charge in [-0.05, 0) is 63.2 Å². The number of hydrogen-bond acceptors (Lipinski definition) is 5. The first kappa shape index (κ1) is 21.0. The van der Waals surface area contributed by atoms with Crippen molar-refractivity contribution in [3.63, 3.8) is 0 Å². The zero-order chi connectivity index (χ0) is 22.8. The highest BCUT2D eigenvalue weighted by atomic mass is 16.5. The number of H-pyrrole nitrogens is 1. The van der Waals surface area contributed by atoms with Gasteiger partial charge in [-0.25, -0.2) is 9.48 Å². The topological polar surface area (TPSA) is 96.8 Å². The average Bonchev–Trinajstić information content (AvgIpc) is 3.25. The second kappa shape index (κ2) is 8.50. The Labute approximate surface area is 184 Å². The minimum atomic E-state index is -0.419. The van der Waals surface area contributed by atoms with Crippen LogP contribution in [0.25, 0.3) is 11.8 Å². The van der Waals surface area contributed by atoms with E-state index < -0.39 is 5.97 Å². The van der Waals surface area contributed by atoms with Gasteiger partial charge in [0.05, 0.1) is 40.4 Å². The summed E-state index contributed by atoms with van der Waals surface area (Å²) >= 11 is 0. The molecular weight excluding hydrogens is 408 g/mol. The lowest BCUT2D eigenvalue weighted by atomic mass is 10.1. The van der Waals surface area contributed by atoms with E-state index in [-0.39, 0.29) is 18.1 Å². The zero-order valence-electron chi connectivity index (χ0n) is 18.0. The molecule has 8 nitrogen and oxygen atoms in total. The fourth-order valence-corrected chi connectivity index (χ4v) is 3.45. The Morgan fingerprint density at radius 2 is 1.72 bits per heavy atom. The van der Waals surface area contributed by atoms with Crippen molar-refractivity contribution in [2.24, 2.45) is 5.10 Å². The lowest BCUT2D eigenvalue weighted by Gasteiger charge is -2.10. The highest BCUT2D eigenvalue weighted by molar-refractivity contribution is 6.32. The molecule has 0 aliphatic carbocycles. The molecule has 0 fully saturated rings. The van der Waals surface area contributed by atoms with Crippen LogP contribution in [0.4, 0.5) is 5.69 Å². The van der Waals surface area contributed by atoms with Gasteiger partial charge in [0.15, 0.2) is 0 Å². The predicted molar refractivity (Wildman–Crippen MR) is 122 cm³/mol. The molecule has 1 aromatic heterocycles. The van der Waals surface area contributed by atoms with Crippen molar-refractivity contribution in [1.29, 1.82) is 0 Å². The Morgan fingerprint density at radius 1 is 1.03 bits per heavy atom. The quantitative estimate of drug-likeness (QED) is 0.495. The van der Waals surface area contributed by atoms with Crippen LogP contribution < -0.4 is 10.6 Å². The van der Waals surface area contributed by atoms with Gasteiger partial charge in [-0.3, -0.25) is 14.7 Å². The monoisotopic (exact) mass is 430 g/mol. The highest BCUT2D eigenvalue weighted by Crippen LogP contribution is 2.24. The number of hydrazone groups is 1. The van der Waals surface area contributed by atoms with Crippen LogP contribution in [0.1, 0.15) is 35.5 Å². The van der Waals surface area contributed by atoms with E-state index in [4.69, 9.17) is 4.74 Å². The Kier molecular flexibility index (Phi) is 5.59. The van der Waals surface area contributed by atoms with Gasteiger partial charge in [-0.1, -0.05) is 18.2 Å². The van der Waals surface area contributed by atoms with E-state index in [0.717, 1.165) is 0 Å². The first-order valence-electron chi connectivity index (χ1n) is 10.2. The van der Waals surface area contributed by atoms with Crippen LogP contribution in [0.2, 0.25) is 0 Å². The number of esters is 1. The fourth-order valence-electron chi connectivity index (χ4n) is 3.45. The summed E-state index contributed by atoms with van der Waals surface area (Å²) in [5.74, 6) is -0.712. The largest absolute Gasteiger partial charge is 0.462 e. The number of carbonyl (C=O) groups excluding carboxylic acids is 2. The Morgan fingerprint density at radius 3 is 2.38 bits per heavy atom. The minimum absolute atomic E-state index is 0.289. The molecule has 2 heterocycles. The Hall–Kier alpha value is -4.20. The lowest BCUT2D eigenvalue weighted by Crippen LogP contribution is -2.21. The summed E-state index contributed by atoms with van der Waals surface area (Å²) in [5.41, 5.74) is 3.18. The fraction of sp³-hybridized carbons (Fsp3) is 0.167. The Bertz CT molecular complexity index is 1300. The summed E-state index contributed by atoms with van der Waals surface area (Å²) in [6.07, 6.45) is 1.57. The summed E-state index contributed by atoms with van der Waals surface area (Å²) in [4.78, 5) is 37.9. The van der Waals surface area contributed by atoms with E-state index in [0.29, 0.717) is 39.5 Å². The summed E-state index contributed by atoms with van der Waals surface area (Å²) in [6.45, 7) is 5.53. The molecule has 32 heavy (non-hydrogen) atoms. The summed E-state index contributed by atoms with van der Waals surface area (Å²) < 4.78 is 6.36. The number of ether oxygens (including phenoxy) is 1. The van der Waals surface area contributed by atoms with Gasteiger partial charge in [0.25, 0.3) is 11.5 Å². The van der Waals surface area contributed by atoms with Gasteiger partial charge in [-0.2, -0.15) is 10.1 Å². The number of nitrogens with zero attached hydrogens (tertiary/aromatic N) is 3. The van der Waals surface area contributed by atoms with E-state index >= 15 is 0 Å². The molecule has 0 saturated heterocycles. The molecule has 0 saturated carbocycles. The maximum absolute atomic E-state index is 13.1. The first-order chi connectivity index (χ1) is 15.4. The molecule has 0 radical (unpaired) electrons. The number of aromatic amines is 1.